The van der Waals surface area contributed by atoms with E-state index >= 15 is 0 Å². The van der Waals surface area contributed by atoms with Gasteiger partial charge in [-0.2, -0.15) is 4.98 Å². The highest BCUT2D eigenvalue weighted by Gasteiger charge is 2.05. The van der Waals surface area contributed by atoms with Crippen LogP contribution in [0.4, 0.5) is 0 Å². The Kier molecular flexibility index (Phi) is 1.57. The van der Waals surface area contributed by atoms with Gasteiger partial charge in [-0.25, -0.2) is 4.98 Å². The number of pyridine rings is 1. The monoisotopic (exact) mass is 162 g/mol. The van der Waals surface area contributed by atoms with E-state index in [2.05, 4.69) is 9.97 Å². The summed E-state index contributed by atoms with van der Waals surface area (Å²) in [6.07, 6.45) is 2.56. The summed E-state index contributed by atoms with van der Waals surface area (Å²) in [5, 5.41) is 0. The molecule has 0 aromatic carbocycles. The Morgan fingerprint density at radius 1 is 1.50 bits per heavy atom. The van der Waals surface area contributed by atoms with E-state index < -0.39 is 0 Å². The average Bonchev–Trinajstić information content (AvgIpc) is 2.49. The lowest BCUT2D eigenvalue weighted by atomic mass is 10.3. The van der Waals surface area contributed by atoms with E-state index in [0.29, 0.717) is 5.65 Å². The van der Waals surface area contributed by atoms with Gasteiger partial charge in [0.05, 0.1) is 0 Å². The van der Waals surface area contributed by atoms with Crippen molar-refractivity contribution in [1.82, 2.24) is 9.97 Å². The molecule has 0 aliphatic rings. The first-order valence-electron chi connectivity index (χ1n) is 4.02. The fraction of sp³-hybridized carbons (Fsp3) is 0.333. The molecule has 2 aromatic rings. The maximum atomic E-state index is 5.47. The Balaban J connectivity index is 2.74. The summed E-state index contributed by atoms with van der Waals surface area (Å²) in [7, 11) is 0. The Bertz CT molecular complexity index is 406. The van der Waals surface area contributed by atoms with Gasteiger partial charge in [-0.15, -0.1) is 0 Å². The highest BCUT2D eigenvalue weighted by molar-refractivity contribution is 5.71. The molecule has 0 unspecified atom stereocenters. The predicted octanol–water partition coefficient (Wildman–Crippen LogP) is 2.09. The van der Waals surface area contributed by atoms with Gasteiger partial charge in [0.15, 0.2) is 17.1 Å². The Morgan fingerprint density at radius 2 is 2.33 bits per heavy atom. The quantitative estimate of drug-likeness (QED) is 0.644. The number of hydrogen-bond donors (Lipinski definition) is 0. The maximum absolute atomic E-state index is 5.47. The Morgan fingerprint density at radius 3 is 3.00 bits per heavy atom. The number of hydrogen-bond acceptors (Lipinski definition) is 3. The first kappa shape index (κ1) is 7.28. The summed E-state index contributed by atoms with van der Waals surface area (Å²) in [5.41, 5.74) is 2.62. The summed E-state index contributed by atoms with van der Waals surface area (Å²) in [6.45, 7) is 4.01. The van der Waals surface area contributed by atoms with E-state index in [9.17, 15) is 0 Å². The third-order valence-electron chi connectivity index (χ3n) is 1.84. The molecular formula is C9H10N2O. The third-order valence-corrected chi connectivity index (χ3v) is 1.84. The molecule has 0 spiro atoms. The van der Waals surface area contributed by atoms with Crippen molar-refractivity contribution in [3.05, 3.63) is 23.7 Å². The van der Waals surface area contributed by atoms with Crippen LogP contribution in [0.1, 0.15) is 18.4 Å². The van der Waals surface area contributed by atoms with Crippen molar-refractivity contribution in [1.29, 1.82) is 0 Å². The fourth-order valence-electron chi connectivity index (χ4n) is 1.15. The van der Waals surface area contributed by atoms with Crippen molar-refractivity contribution in [2.45, 2.75) is 20.3 Å². The standard InChI is InChI=1S/C9H10N2O/c1-3-7-11-9-8(12-7)6(2)4-5-10-9/h4-5H,3H2,1-2H3. The van der Waals surface area contributed by atoms with Gasteiger partial charge < -0.3 is 4.42 Å². The van der Waals surface area contributed by atoms with Gasteiger partial charge in [-0.05, 0) is 18.6 Å². The van der Waals surface area contributed by atoms with E-state index in [4.69, 9.17) is 4.42 Å². The van der Waals surface area contributed by atoms with Crippen LogP contribution >= 0.6 is 0 Å². The lowest BCUT2D eigenvalue weighted by Crippen LogP contribution is -1.78. The fourth-order valence-corrected chi connectivity index (χ4v) is 1.15. The van der Waals surface area contributed by atoms with Crippen molar-refractivity contribution < 1.29 is 4.42 Å². The molecule has 0 fully saturated rings. The van der Waals surface area contributed by atoms with Crippen LogP contribution in [0.2, 0.25) is 0 Å². The van der Waals surface area contributed by atoms with E-state index in [-0.39, 0.29) is 0 Å². The van der Waals surface area contributed by atoms with E-state index in [1.54, 1.807) is 6.20 Å². The maximum Gasteiger partial charge on any atom is 0.199 e. The van der Waals surface area contributed by atoms with Crippen molar-refractivity contribution in [3.63, 3.8) is 0 Å². The van der Waals surface area contributed by atoms with Crippen LogP contribution in [-0.4, -0.2) is 9.97 Å². The van der Waals surface area contributed by atoms with Crippen molar-refractivity contribution >= 4 is 11.2 Å². The molecule has 0 amide bonds. The first-order valence-corrected chi connectivity index (χ1v) is 4.02. The van der Waals surface area contributed by atoms with Crippen LogP contribution in [0.25, 0.3) is 11.2 Å². The smallest absolute Gasteiger partial charge is 0.199 e. The first-order chi connectivity index (χ1) is 5.81. The Hall–Kier alpha value is -1.38. The molecule has 2 aromatic heterocycles. The van der Waals surface area contributed by atoms with Gasteiger partial charge >= 0.3 is 0 Å². The number of aromatic nitrogens is 2. The second-order valence-electron chi connectivity index (χ2n) is 2.74. The average molecular weight is 162 g/mol. The van der Waals surface area contributed by atoms with E-state index in [1.807, 2.05) is 19.9 Å². The molecule has 0 atom stereocenters. The van der Waals surface area contributed by atoms with Gasteiger partial charge in [0, 0.05) is 12.6 Å². The minimum atomic E-state index is 0.715. The van der Waals surface area contributed by atoms with Crippen molar-refractivity contribution in [2.75, 3.05) is 0 Å². The summed E-state index contributed by atoms with van der Waals surface area (Å²) >= 11 is 0. The van der Waals surface area contributed by atoms with Crippen molar-refractivity contribution in [3.8, 4) is 0 Å². The molecule has 2 heterocycles. The molecule has 3 heteroatoms. The summed E-state index contributed by atoms with van der Waals surface area (Å²) in [4.78, 5) is 8.32. The van der Waals surface area contributed by atoms with Crippen LogP contribution in [-0.2, 0) is 6.42 Å². The summed E-state index contributed by atoms with van der Waals surface area (Å²) in [5.74, 6) is 0.756. The third kappa shape index (κ3) is 0.978. The number of oxazole rings is 1. The zero-order chi connectivity index (χ0) is 8.55. The number of rotatable bonds is 1. The van der Waals surface area contributed by atoms with Crippen LogP contribution in [0.3, 0.4) is 0 Å². The molecule has 0 saturated carbocycles. The van der Waals surface area contributed by atoms with Crippen molar-refractivity contribution in [2.24, 2.45) is 0 Å². The molecule has 0 saturated heterocycles. The van der Waals surface area contributed by atoms with Gasteiger partial charge in [-0.3, -0.25) is 0 Å². The molecule has 0 aliphatic carbocycles. The van der Waals surface area contributed by atoms with Gasteiger partial charge in [0.2, 0.25) is 0 Å². The summed E-state index contributed by atoms with van der Waals surface area (Å²) < 4.78 is 5.47. The van der Waals surface area contributed by atoms with Gasteiger partial charge in [-0.1, -0.05) is 6.92 Å². The zero-order valence-electron chi connectivity index (χ0n) is 7.16. The lowest BCUT2D eigenvalue weighted by molar-refractivity contribution is 0.536. The van der Waals surface area contributed by atoms with Gasteiger partial charge in [0.1, 0.15) is 0 Å². The Labute approximate surface area is 70.4 Å². The topological polar surface area (TPSA) is 38.9 Å². The molecule has 0 radical (unpaired) electrons. The van der Waals surface area contributed by atoms with E-state index in [0.717, 1.165) is 23.5 Å². The molecule has 2 rings (SSSR count). The zero-order valence-corrected chi connectivity index (χ0v) is 7.16. The molecule has 12 heavy (non-hydrogen) atoms. The van der Waals surface area contributed by atoms with E-state index in [1.165, 1.54) is 0 Å². The normalized spacial score (nSPS) is 10.8. The SMILES string of the molecule is CCc1nc2nccc(C)c2o1. The largest absolute Gasteiger partial charge is 0.439 e. The second-order valence-corrected chi connectivity index (χ2v) is 2.74. The molecule has 3 nitrogen and oxygen atoms in total. The second kappa shape index (κ2) is 2.59. The minimum Gasteiger partial charge on any atom is -0.439 e. The van der Waals surface area contributed by atoms with Crippen LogP contribution in [0.5, 0.6) is 0 Å². The molecular weight excluding hydrogens is 152 g/mol. The van der Waals surface area contributed by atoms with Crippen LogP contribution < -0.4 is 0 Å². The highest BCUT2D eigenvalue weighted by atomic mass is 16.3. The lowest BCUT2D eigenvalue weighted by Gasteiger charge is -1.88. The molecule has 0 N–H and O–H groups in total. The van der Waals surface area contributed by atoms with Crippen LogP contribution in [0, 0.1) is 6.92 Å². The number of nitrogens with zero attached hydrogens (tertiary/aromatic N) is 2. The number of aryl methyl sites for hydroxylation is 2. The van der Waals surface area contributed by atoms with Gasteiger partial charge in [0.25, 0.3) is 0 Å². The van der Waals surface area contributed by atoms with Crippen LogP contribution in [0.15, 0.2) is 16.7 Å². The number of fused-ring (bicyclic) bond motifs is 1. The molecule has 62 valence electrons. The highest BCUT2D eigenvalue weighted by Crippen LogP contribution is 2.16. The summed E-state index contributed by atoms with van der Waals surface area (Å²) in [6, 6.07) is 1.92. The molecule has 0 aliphatic heterocycles. The minimum absolute atomic E-state index is 0.715. The predicted molar refractivity (Wildman–Crippen MR) is 45.9 cm³/mol. The molecule has 0 bridgehead atoms.